The summed E-state index contributed by atoms with van der Waals surface area (Å²) in [6, 6.07) is 16.4. The Kier molecular flexibility index (Phi) is 6.92. The van der Waals surface area contributed by atoms with Gasteiger partial charge >= 0.3 is 0 Å². The molecule has 1 saturated carbocycles. The lowest BCUT2D eigenvalue weighted by Crippen LogP contribution is -2.57. The molecule has 0 spiro atoms. The van der Waals surface area contributed by atoms with Crippen LogP contribution in [0, 0.1) is 12.3 Å². The molecule has 2 aromatic carbocycles. The SMILES string of the molecule is COC1(OC)CC(C=NNS(=O)(=O)c2ccc(C)cc2)(COCc2ccccc2)C1. The van der Waals surface area contributed by atoms with Crippen LogP contribution in [0.25, 0.3) is 0 Å². The summed E-state index contributed by atoms with van der Waals surface area (Å²) in [5, 5.41) is 4.04. The smallest absolute Gasteiger partial charge is 0.276 e. The van der Waals surface area contributed by atoms with Gasteiger partial charge in [-0.25, -0.2) is 4.83 Å². The molecular formula is C22H28N2O5S. The fourth-order valence-corrected chi connectivity index (χ4v) is 4.36. The molecule has 0 saturated heterocycles. The van der Waals surface area contributed by atoms with Crippen LogP contribution in [-0.4, -0.2) is 41.2 Å². The molecule has 1 aliphatic carbocycles. The maximum absolute atomic E-state index is 12.5. The summed E-state index contributed by atoms with van der Waals surface area (Å²) in [6.45, 7) is 2.72. The van der Waals surface area contributed by atoms with Crippen molar-refractivity contribution in [3.05, 3.63) is 65.7 Å². The van der Waals surface area contributed by atoms with E-state index in [2.05, 4.69) is 9.93 Å². The van der Waals surface area contributed by atoms with Crippen LogP contribution in [0.1, 0.15) is 24.0 Å². The number of ether oxygens (including phenoxy) is 3. The third-order valence-electron chi connectivity index (χ3n) is 5.33. The molecule has 0 aliphatic heterocycles. The predicted octanol–water partition coefficient (Wildman–Crippen LogP) is 3.25. The first-order chi connectivity index (χ1) is 14.3. The molecule has 0 radical (unpaired) electrons. The standard InChI is InChI=1S/C22H28N2O5S/c1-18-9-11-20(12-10-18)30(25,26)24-23-16-21(14-22(15-21,27-2)28-3)17-29-13-19-7-5-4-6-8-19/h4-12,16,24H,13-15,17H2,1-3H3. The molecule has 3 rings (SSSR count). The number of hydrazone groups is 1. The maximum Gasteiger partial charge on any atom is 0.276 e. The van der Waals surface area contributed by atoms with E-state index in [-0.39, 0.29) is 4.90 Å². The van der Waals surface area contributed by atoms with Gasteiger partial charge in [-0.15, -0.1) is 0 Å². The minimum atomic E-state index is -3.74. The summed E-state index contributed by atoms with van der Waals surface area (Å²) in [6.07, 6.45) is 2.62. The Morgan fingerprint density at radius 1 is 1.03 bits per heavy atom. The van der Waals surface area contributed by atoms with Gasteiger partial charge < -0.3 is 14.2 Å². The Hall–Kier alpha value is -2.26. The molecule has 0 heterocycles. The molecular weight excluding hydrogens is 404 g/mol. The first kappa shape index (κ1) is 22.4. The minimum absolute atomic E-state index is 0.163. The molecule has 30 heavy (non-hydrogen) atoms. The molecule has 162 valence electrons. The van der Waals surface area contributed by atoms with Crippen LogP contribution >= 0.6 is 0 Å². The number of nitrogens with one attached hydrogen (secondary N) is 1. The highest BCUT2D eigenvalue weighted by molar-refractivity contribution is 7.89. The molecule has 0 unspecified atom stereocenters. The van der Waals surface area contributed by atoms with Crippen LogP contribution in [0.5, 0.6) is 0 Å². The predicted molar refractivity (Wildman–Crippen MR) is 115 cm³/mol. The number of hydrogen-bond donors (Lipinski definition) is 1. The van der Waals surface area contributed by atoms with Gasteiger partial charge in [0.15, 0.2) is 5.79 Å². The van der Waals surface area contributed by atoms with Gasteiger partial charge in [-0.3, -0.25) is 0 Å². The Bertz CT molecular complexity index is 947. The number of rotatable bonds is 10. The van der Waals surface area contributed by atoms with E-state index in [4.69, 9.17) is 14.2 Å². The number of nitrogens with zero attached hydrogens (tertiary/aromatic N) is 1. The molecule has 2 aromatic rings. The third-order valence-corrected chi connectivity index (χ3v) is 6.57. The van der Waals surface area contributed by atoms with Gasteiger partial charge in [-0.1, -0.05) is 48.0 Å². The van der Waals surface area contributed by atoms with Crippen molar-refractivity contribution in [2.24, 2.45) is 10.5 Å². The van der Waals surface area contributed by atoms with Crippen LogP contribution < -0.4 is 4.83 Å². The topological polar surface area (TPSA) is 86.2 Å². The van der Waals surface area contributed by atoms with Crippen LogP contribution in [0.15, 0.2) is 64.6 Å². The van der Waals surface area contributed by atoms with Crippen molar-refractivity contribution in [3.8, 4) is 0 Å². The summed E-state index contributed by atoms with van der Waals surface area (Å²) in [5.74, 6) is -0.710. The van der Waals surface area contributed by atoms with Crippen molar-refractivity contribution in [1.29, 1.82) is 0 Å². The second-order valence-electron chi connectivity index (χ2n) is 7.68. The van der Waals surface area contributed by atoms with Crippen LogP contribution in [0.2, 0.25) is 0 Å². The molecule has 1 aliphatic rings. The lowest BCUT2D eigenvalue weighted by atomic mass is 9.65. The Morgan fingerprint density at radius 3 is 2.27 bits per heavy atom. The molecule has 1 N–H and O–H groups in total. The van der Waals surface area contributed by atoms with Gasteiger partial charge in [0.1, 0.15) is 0 Å². The monoisotopic (exact) mass is 432 g/mol. The first-order valence-electron chi connectivity index (χ1n) is 9.67. The molecule has 0 bridgehead atoms. The Balaban J connectivity index is 1.67. The molecule has 1 fully saturated rings. The maximum atomic E-state index is 12.5. The van der Waals surface area contributed by atoms with E-state index in [1.54, 1.807) is 44.7 Å². The van der Waals surface area contributed by atoms with Crippen molar-refractivity contribution in [2.75, 3.05) is 20.8 Å². The van der Waals surface area contributed by atoms with E-state index in [1.807, 2.05) is 37.3 Å². The van der Waals surface area contributed by atoms with Gasteiger partial charge in [-0.2, -0.15) is 13.5 Å². The van der Waals surface area contributed by atoms with Crippen molar-refractivity contribution in [3.63, 3.8) is 0 Å². The zero-order valence-corrected chi connectivity index (χ0v) is 18.3. The van der Waals surface area contributed by atoms with Crippen molar-refractivity contribution < 1.29 is 22.6 Å². The van der Waals surface area contributed by atoms with E-state index < -0.39 is 21.2 Å². The highest BCUT2D eigenvalue weighted by Crippen LogP contribution is 2.50. The zero-order chi connectivity index (χ0) is 21.7. The van der Waals surface area contributed by atoms with Crippen LogP contribution in [-0.2, 0) is 30.8 Å². The molecule has 0 aromatic heterocycles. The van der Waals surface area contributed by atoms with Gasteiger partial charge in [0, 0.05) is 38.7 Å². The highest BCUT2D eigenvalue weighted by Gasteiger charge is 2.55. The number of sulfonamides is 1. The lowest BCUT2D eigenvalue weighted by Gasteiger charge is -2.51. The first-order valence-corrected chi connectivity index (χ1v) is 11.2. The quantitative estimate of drug-likeness (QED) is 0.354. The summed E-state index contributed by atoms with van der Waals surface area (Å²) >= 11 is 0. The molecule has 0 atom stereocenters. The summed E-state index contributed by atoms with van der Waals surface area (Å²) < 4.78 is 41.8. The second kappa shape index (κ2) is 9.26. The van der Waals surface area contributed by atoms with Gasteiger partial charge in [-0.05, 0) is 24.6 Å². The number of aryl methyl sites for hydroxylation is 1. The van der Waals surface area contributed by atoms with Gasteiger partial charge in [0.2, 0.25) is 0 Å². The minimum Gasteiger partial charge on any atom is -0.376 e. The van der Waals surface area contributed by atoms with Crippen molar-refractivity contribution in [1.82, 2.24) is 4.83 Å². The summed E-state index contributed by atoms with van der Waals surface area (Å²) in [5.41, 5.74) is 1.56. The molecule has 0 amide bonds. The number of benzene rings is 2. The van der Waals surface area contributed by atoms with Crippen LogP contribution in [0.3, 0.4) is 0 Å². The average Bonchev–Trinajstić information content (AvgIpc) is 2.72. The Morgan fingerprint density at radius 2 is 1.67 bits per heavy atom. The molecule has 8 heteroatoms. The fraction of sp³-hybridized carbons (Fsp3) is 0.409. The number of hydrogen-bond acceptors (Lipinski definition) is 6. The summed E-state index contributed by atoms with van der Waals surface area (Å²) in [4.78, 5) is 2.46. The third kappa shape index (κ3) is 5.26. The second-order valence-corrected chi connectivity index (χ2v) is 9.34. The van der Waals surface area contributed by atoms with Crippen molar-refractivity contribution >= 4 is 16.2 Å². The average molecular weight is 433 g/mol. The van der Waals surface area contributed by atoms with Gasteiger partial charge in [0.25, 0.3) is 10.0 Å². The van der Waals surface area contributed by atoms with Crippen LogP contribution in [0.4, 0.5) is 0 Å². The van der Waals surface area contributed by atoms with Gasteiger partial charge in [0.05, 0.1) is 18.1 Å². The zero-order valence-electron chi connectivity index (χ0n) is 17.5. The largest absolute Gasteiger partial charge is 0.376 e. The number of methoxy groups -OCH3 is 2. The van der Waals surface area contributed by atoms with E-state index >= 15 is 0 Å². The van der Waals surface area contributed by atoms with E-state index in [9.17, 15) is 8.42 Å². The van der Waals surface area contributed by atoms with E-state index in [1.165, 1.54) is 0 Å². The van der Waals surface area contributed by atoms with E-state index in [0.29, 0.717) is 26.1 Å². The lowest BCUT2D eigenvalue weighted by molar-refractivity contribution is -0.288. The van der Waals surface area contributed by atoms with Crippen molar-refractivity contribution in [2.45, 2.75) is 37.1 Å². The Labute approximate surface area is 178 Å². The normalized spacial score (nSPS) is 17.6. The molecule has 7 nitrogen and oxygen atoms in total. The highest BCUT2D eigenvalue weighted by atomic mass is 32.2. The van der Waals surface area contributed by atoms with E-state index in [0.717, 1.165) is 11.1 Å². The fourth-order valence-electron chi connectivity index (χ4n) is 3.57. The summed E-state index contributed by atoms with van der Waals surface area (Å²) in [7, 11) is -0.553.